The highest BCUT2D eigenvalue weighted by Crippen LogP contribution is 2.31. The lowest BCUT2D eigenvalue weighted by Crippen LogP contribution is -2.31. The van der Waals surface area contributed by atoms with Crippen molar-refractivity contribution < 1.29 is 0 Å². The number of pyridine rings is 1. The van der Waals surface area contributed by atoms with E-state index < -0.39 is 0 Å². The summed E-state index contributed by atoms with van der Waals surface area (Å²) in [6, 6.07) is 4.20. The van der Waals surface area contributed by atoms with Crippen LogP contribution in [0.25, 0.3) is 11.1 Å². The van der Waals surface area contributed by atoms with Gasteiger partial charge in [0.2, 0.25) is 0 Å². The molecule has 3 rings (SSSR count). The van der Waals surface area contributed by atoms with Crippen molar-refractivity contribution in [3.05, 3.63) is 35.3 Å². The Morgan fingerprint density at radius 2 is 1.96 bits per heavy atom. The van der Waals surface area contributed by atoms with Gasteiger partial charge in [0.15, 0.2) is 0 Å². The summed E-state index contributed by atoms with van der Waals surface area (Å²) < 4.78 is 1.94. The molecule has 0 unspecified atom stereocenters. The van der Waals surface area contributed by atoms with Crippen LogP contribution in [0.2, 0.25) is 0 Å². The molecule has 0 aliphatic carbocycles. The summed E-state index contributed by atoms with van der Waals surface area (Å²) >= 11 is 1.74. The molecule has 0 aromatic carbocycles. The Balaban J connectivity index is 0.00000225. The minimum absolute atomic E-state index is 0. The van der Waals surface area contributed by atoms with Crippen molar-refractivity contribution in [1.82, 2.24) is 14.5 Å². The van der Waals surface area contributed by atoms with Gasteiger partial charge in [0.25, 0.3) is 0 Å². The van der Waals surface area contributed by atoms with Gasteiger partial charge in [-0.3, -0.25) is 5.41 Å². The maximum absolute atomic E-state index is 9.58. The minimum atomic E-state index is -0.116. The quantitative estimate of drug-likeness (QED) is 0.830. The summed E-state index contributed by atoms with van der Waals surface area (Å²) in [5.41, 5.74) is 2.09. The number of hydrogen-bond donors (Lipinski definition) is 1. The van der Waals surface area contributed by atoms with E-state index in [9.17, 15) is 5.26 Å². The molecular weight excluding hydrogens is 350 g/mol. The highest BCUT2D eigenvalue weighted by molar-refractivity contribution is 7.99. The lowest BCUT2D eigenvalue weighted by atomic mass is 9.95. The monoisotopic (exact) mass is 373 g/mol. The zero-order chi connectivity index (χ0) is 17.5. The first-order valence-electron chi connectivity index (χ1n) is 7.99. The second-order valence-corrected chi connectivity index (χ2v) is 8.34. The van der Waals surface area contributed by atoms with Crippen LogP contribution in [0.1, 0.15) is 39.1 Å². The van der Waals surface area contributed by atoms with Crippen LogP contribution in [0.3, 0.4) is 0 Å². The molecule has 0 radical (unpaired) electrons. The van der Waals surface area contributed by atoms with E-state index >= 15 is 0 Å². The predicted molar refractivity (Wildman–Crippen MR) is 105 cm³/mol. The Morgan fingerprint density at radius 1 is 1.32 bits per heavy atom. The number of rotatable bonds is 1. The Kier molecular flexibility index (Phi) is 5.65. The zero-order valence-corrected chi connectivity index (χ0v) is 16.7. The Morgan fingerprint density at radius 3 is 2.52 bits per heavy atom. The molecule has 0 spiro atoms. The van der Waals surface area contributed by atoms with Crippen LogP contribution >= 0.6 is 25.3 Å². The molecule has 0 fully saturated rings. The molecule has 0 bridgehead atoms. The standard InChI is InChI=1S/C18H21N5S.H2S/c1-11-9-23-15(24-10-11)5-13(14(6-19)16(23)20)12-7-21-17(22-8-12)18(2,3)4;/h5,7-8,11,20H,9-10H2,1-4H3;1H2/t11-;/m0./s1. The lowest BCUT2D eigenvalue weighted by molar-refractivity contribution is 0.467. The molecule has 3 heterocycles. The molecule has 1 atom stereocenters. The molecule has 0 amide bonds. The normalized spacial score (nSPS) is 16.5. The van der Waals surface area contributed by atoms with Crippen LogP contribution in [0.15, 0.2) is 23.5 Å². The number of nitrogens with zero attached hydrogens (tertiary/aromatic N) is 4. The largest absolute Gasteiger partial charge is 0.320 e. The molecule has 2 aromatic heterocycles. The van der Waals surface area contributed by atoms with Gasteiger partial charge in [-0.15, -0.1) is 11.8 Å². The van der Waals surface area contributed by atoms with Gasteiger partial charge in [0.1, 0.15) is 22.9 Å². The fourth-order valence-electron chi connectivity index (χ4n) is 2.73. The maximum atomic E-state index is 9.58. The van der Waals surface area contributed by atoms with Crippen molar-refractivity contribution in [3.8, 4) is 17.2 Å². The van der Waals surface area contributed by atoms with Crippen molar-refractivity contribution in [1.29, 1.82) is 10.7 Å². The third kappa shape index (κ3) is 3.75. The summed E-state index contributed by atoms with van der Waals surface area (Å²) in [6.45, 7) is 9.16. The van der Waals surface area contributed by atoms with Crippen LogP contribution in [0.5, 0.6) is 0 Å². The average molecular weight is 374 g/mol. The average Bonchev–Trinajstić information content (AvgIpc) is 2.54. The van der Waals surface area contributed by atoms with E-state index in [2.05, 4.69) is 43.7 Å². The number of thioether (sulfide) groups is 1. The van der Waals surface area contributed by atoms with Crippen molar-refractivity contribution in [3.63, 3.8) is 0 Å². The van der Waals surface area contributed by atoms with E-state index in [-0.39, 0.29) is 24.4 Å². The molecule has 132 valence electrons. The molecule has 0 saturated heterocycles. The van der Waals surface area contributed by atoms with Crippen LogP contribution in [0.4, 0.5) is 0 Å². The van der Waals surface area contributed by atoms with Crippen LogP contribution < -0.4 is 5.49 Å². The summed E-state index contributed by atoms with van der Waals surface area (Å²) in [6.07, 6.45) is 3.52. The molecule has 0 saturated carbocycles. The van der Waals surface area contributed by atoms with Crippen molar-refractivity contribution in [2.45, 2.75) is 44.7 Å². The van der Waals surface area contributed by atoms with E-state index in [1.165, 1.54) is 0 Å². The van der Waals surface area contributed by atoms with E-state index in [0.29, 0.717) is 11.5 Å². The molecule has 5 nitrogen and oxygen atoms in total. The van der Waals surface area contributed by atoms with Gasteiger partial charge in [-0.2, -0.15) is 18.8 Å². The first kappa shape index (κ1) is 19.5. The third-order valence-corrected chi connectivity index (χ3v) is 5.44. The van der Waals surface area contributed by atoms with Crippen LogP contribution in [-0.2, 0) is 12.0 Å². The topological polar surface area (TPSA) is 78.3 Å². The predicted octanol–water partition coefficient (Wildman–Crippen LogP) is 3.45. The fourth-order valence-corrected chi connectivity index (χ4v) is 3.82. The maximum Gasteiger partial charge on any atom is 0.144 e. The summed E-state index contributed by atoms with van der Waals surface area (Å²) in [5.74, 6) is 2.30. The summed E-state index contributed by atoms with van der Waals surface area (Å²) in [7, 11) is 0. The molecule has 7 heteroatoms. The molecule has 2 aromatic rings. The van der Waals surface area contributed by atoms with E-state index in [0.717, 1.165) is 34.3 Å². The van der Waals surface area contributed by atoms with Crippen molar-refractivity contribution in [2.75, 3.05) is 5.75 Å². The van der Waals surface area contributed by atoms with Gasteiger partial charge >= 0.3 is 0 Å². The number of fused-ring (bicyclic) bond motifs is 1. The van der Waals surface area contributed by atoms with Crippen LogP contribution in [0, 0.1) is 22.7 Å². The number of hydrogen-bond acceptors (Lipinski definition) is 5. The molecule has 1 aliphatic rings. The highest BCUT2D eigenvalue weighted by atomic mass is 32.2. The molecule has 25 heavy (non-hydrogen) atoms. The van der Waals surface area contributed by atoms with E-state index in [1.54, 1.807) is 24.2 Å². The molecule has 1 N–H and O–H groups in total. The number of nitrogens with one attached hydrogen (secondary N) is 1. The Labute approximate surface area is 159 Å². The smallest absolute Gasteiger partial charge is 0.144 e. The van der Waals surface area contributed by atoms with Gasteiger partial charge in [0.05, 0.1) is 5.03 Å². The van der Waals surface area contributed by atoms with Crippen LogP contribution in [-0.4, -0.2) is 20.3 Å². The lowest BCUT2D eigenvalue weighted by Gasteiger charge is -2.25. The number of aromatic nitrogens is 3. The third-order valence-electron chi connectivity index (χ3n) is 4.07. The zero-order valence-electron chi connectivity index (χ0n) is 14.9. The van der Waals surface area contributed by atoms with Crippen molar-refractivity contribution >= 4 is 25.3 Å². The Hall–Kier alpha value is -1.78. The summed E-state index contributed by atoms with van der Waals surface area (Å²) in [4.78, 5) is 8.92. The second kappa shape index (κ2) is 7.22. The van der Waals surface area contributed by atoms with Gasteiger partial charge in [-0.1, -0.05) is 27.7 Å². The molecule has 1 aliphatic heterocycles. The Bertz CT molecular complexity index is 873. The SMILES string of the molecule is C[C@@H]1CSc2cc(-c3cnc(C(C)(C)C)nc3)c(C#N)c(=N)n2C1.S. The van der Waals surface area contributed by atoms with Gasteiger partial charge in [-0.05, 0) is 12.0 Å². The molecular formula is C18H23N5S2. The van der Waals surface area contributed by atoms with Gasteiger partial charge in [-0.25, -0.2) is 9.97 Å². The van der Waals surface area contributed by atoms with E-state index in [4.69, 9.17) is 5.41 Å². The van der Waals surface area contributed by atoms with Gasteiger partial charge < -0.3 is 4.57 Å². The van der Waals surface area contributed by atoms with Crippen molar-refractivity contribution in [2.24, 2.45) is 5.92 Å². The summed E-state index contributed by atoms with van der Waals surface area (Å²) in [5, 5.41) is 19.0. The first-order valence-corrected chi connectivity index (χ1v) is 8.98. The van der Waals surface area contributed by atoms with E-state index in [1.807, 2.05) is 10.6 Å². The first-order chi connectivity index (χ1) is 11.3. The highest BCUT2D eigenvalue weighted by Gasteiger charge is 2.21. The minimum Gasteiger partial charge on any atom is -0.320 e. The second-order valence-electron chi connectivity index (χ2n) is 7.30. The fraction of sp³-hybridized carbons (Fsp3) is 0.444. The number of nitriles is 1. The van der Waals surface area contributed by atoms with Gasteiger partial charge in [0, 0.05) is 41.2 Å².